The Morgan fingerprint density at radius 1 is 1.53 bits per heavy atom. The van der Waals surface area contributed by atoms with E-state index in [0.717, 1.165) is 20.2 Å². The molecule has 0 aliphatic carbocycles. The number of amides is 1. The summed E-state index contributed by atoms with van der Waals surface area (Å²) in [5.74, 6) is -0.136. The van der Waals surface area contributed by atoms with Gasteiger partial charge in [0.05, 0.1) is 16.3 Å². The van der Waals surface area contributed by atoms with Crippen molar-refractivity contribution < 1.29 is 9.53 Å². The van der Waals surface area contributed by atoms with E-state index in [1.807, 2.05) is 38.3 Å². The molecule has 6 heteroatoms. The summed E-state index contributed by atoms with van der Waals surface area (Å²) in [5.41, 5.74) is 1.74. The van der Waals surface area contributed by atoms with E-state index in [9.17, 15) is 4.79 Å². The highest BCUT2D eigenvalue weighted by atomic mass is 32.2. The Balaban J connectivity index is 2.06. The Kier molecular flexibility index (Phi) is 4.79. The van der Waals surface area contributed by atoms with E-state index >= 15 is 0 Å². The molecule has 0 spiro atoms. The van der Waals surface area contributed by atoms with Crippen LogP contribution in [0.1, 0.15) is 13.8 Å². The predicted octanol–water partition coefficient (Wildman–Crippen LogP) is 3.38. The molecule has 2 aromatic rings. The minimum atomic E-state index is -0.136. The molecule has 19 heavy (non-hydrogen) atoms. The number of nitrogens with zero attached hydrogens (tertiary/aromatic N) is 1. The van der Waals surface area contributed by atoms with Crippen molar-refractivity contribution in [2.45, 2.75) is 24.3 Å². The van der Waals surface area contributed by atoms with Gasteiger partial charge in [0.2, 0.25) is 5.91 Å². The van der Waals surface area contributed by atoms with Gasteiger partial charge in [-0.1, -0.05) is 11.8 Å². The lowest BCUT2D eigenvalue weighted by atomic mass is 10.3. The molecule has 0 bridgehead atoms. The summed E-state index contributed by atoms with van der Waals surface area (Å²) < 4.78 is 7.36. The van der Waals surface area contributed by atoms with Crippen LogP contribution in [-0.2, 0) is 9.53 Å². The van der Waals surface area contributed by atoms with Crippen LogP contribution in [0.3, 0.4) is 0 Å². The number of anilines is 1. The zero-order chi connectivity index (χ0) is 13.8. The van der Waals surface area contributed by atoms with Gasteiger partial charge < -0.3 is 10.1 Å². The lowest BCUT2D eigenvalue weighted by Gasteiger charge is -2.08. The second-order valence-corrected chi connectivity index (χ2v) is 6.36. The van der Waals surface area contributed by atoms with Crippen LogP contribution < -0.4 is 5.32 Å². The number of hydrogen-bond donors (Lipinski definition) is 1. The van der Waals surface area contributed by atoms with Crippen LogP contribution in [0.15, 0.2) is 22.5 Å². The van der Waals surface area contributed by atoms with Crippen molar-refractivity contribution in [1.29, 1.82) is 0 Å². The first-order chi connectivity index (χ1) is 9.08. The first-order valence-electron chi connectivity index (χ1n) is 5.94. The molecule has 1 aromatic carbocycles. The van der Waals surface area contributed by atoms with Gasteiger partial charge in [-0.2, -0.15) is 0 Å². The molecule has 0 radical (unpaired) electrons. The van der Waals surface area contributed by atoms with E-state index in [-0.39, 0.29) is 18.6 Å². The van der Waals surface area contributed by atoms with Crippen molar-refractivity contribution in [2.24, 2.45) is 0 Å². The molecule has 1 aromatic heterocycles. The fourth-order valence-corrected chi connectivity index (χ4v) is 3.04. The summed E-state index contributed by atoms with van der Waals surface area (Å²) in [5, 5.41) is 2.82. The number of hydrogen-bond acceptors (Lipinski definition) is 5. The molecule has 102 valence electrons. The fourth-order valence-electron chi connectivity index (χ4n) is 1.51. The molecular formula is C13H16N2O2S2. The van der Waals surface area contributed by atoms with Crippen LogP contribution in [0.5, 0.6) is 0 Å². The maximum absolute atomic E-state index is 11.7. The van der Waals surface area contributed by atoms with E-state index in [2.05, 4.69) is 10.3 Å². The molecule has 1 N–H and O–H groups in total. The predicted molar refractivity (Wildman–Crippen MR) is 81.1 cm³/mol. The molecule has 0 saturated carbocycles. The van der Waals surface area contributed by atoms with E-state index < -0.39 is 0 Å². The molecule has 0 aliphatic heterocycles. The van der Waals surface area contributed by atoms with Gasteiger partial charge in [0.1, 0.15) is 6.61 Å². The molecule has 0 fully saturated rings. The Morgan fingerprint density at radius 3 is 3.00 bits per heavy atom. The average Bonchev–Trinajstić information content (AvgIpc) is 2.78. The van der Waals surface area contributed by atoms with E-state index in [1.165, 1.54) is 0 Å². The number of thiazole rings is 1. The normalized spacial score (nSPS) is 11.2. The number of benzene rings is 1. The SMILES string of the molecule is CSc1nc2ccc(NC(=O)COC(C)C)cc2s1. The Morgan fingerprint density at radius 2 is 2.32 bits per heavy atom. The summed E-state index contributed by atoms with van der Waals surface area (Å²) in [6.07, 6.45) is 2.06. The smallest absolute Gasteiger partial charge is 0.250 e. The third-order valence-corrected chi connectivity index (χ3v) is 4.38. The van der Waals surface area contributed by atoms with Crippen molar-refractivity contribution in [1.82, 2.24) is 4.98 Å². The summed E-state index contributed by atoms with van der Waals surface area (Å²) in [7, 11) is 0. The van der Waals surface area contributed by atoms with E-state index in [1.54, 1.807) is 23.1 Å². The molecule has 1 amide bonds. The molecule has 0 saturated heterocycles. The maximum atomic E-state index is 11.7. The summed E-state index contributed by atoms with van der Waals surface area (Å²) in [6, 6.07) is 5.73. The molecule has 4 nitrogen and oxygen atoms in total. The number of thioether (sulfide) groups is 1. The third-order valence-electron chi connectivity index (χ3n) is 2.37. The number of rotatable bonds is 5. The van der Waals surface area contributed by atoms with Gasteiger partial charge in [-0.3, -0.25) is 4.79 Å². The number of aromatic nitrogens is 1. The summed E-state index contributed by atoms with van der Waals surface area (Å²) in [4.78, 5) is 16.1. The van der Waals surface area contributed by atoms with Crippen molar-refractivity contribution in [2.75, 3.05) is 18.2 Å². The number of fused-ring (bicyclic) bond motifs is 1. The Labute approximate surface area is 120 Å². The van der Waals surface area contributed by atoms with Gasteiger partial charge >= 0.3 is 0 Å². The zero-order valence-electron chi connectivity index (χ0n) is 11.1. The number of carbonyl (C=O) groups is 1. The van der Waals surface area contributed by atoms with Crippen molar-refractivity contribution >= 4 is 44.9 Å². The quantitative estimate of drug-likeness (QED) is 0.859. The Hall–Kier alpha value is -1.11. The van der Waals surface area contributed by atoms with Gasteiger partial charge in [0, 0.05) is 5.69 Å². The highest BCUT2D eigenvalue weighted by molar-refractivity contribution is 8.00. The molecule has 0 atom stereocenters. The monoisotopic (exact) mass is 296 g/mol. The molecule has 0 unspecified atom stereocenters. The standard InChI is InChI=1S/C13H16N2O2S2/c1-8(2)17-7-12(16)14-9-4-5-10-11(6-9)19-13(15-10)18-3/h4-6,8H,7H2,1-3H3,(H,14,16). The fraction of sp³-hybridized carbons (Fsp3) is 0.385. The second kappa shape index (κ2) is 6.36. The van der Waals surface area contributed by atoms with Gasteiger partial charge in [0.25, 0.3) is 0 Å². The molecule has 2 rings (SSSR count). The van der Waals surface area contributed by atoms with Crippen molar-refractivity contribution in [3.8, 4) is 0 Å². The van der Waals surface area contributed by atoms with Crippen LogP contribution in [0, 0.1) is 0 Å². The lowest BCUT2D eigenvalue weighted by Crippen LogP contribution is -2.20. The maximum Gasteiger partial charge on any atom is 0.250 e. The highest BCUT2D eigenvalue weighted by Gasteiger charge is 2.07. The van der Waals surface area contributed by atoms with Gasteiger partial charge in [-0.15, -0.1) is 11.3 Å². The first kappa shape index (κ1) is 14.3. The van der Waals surface area contributed by atoms with Gasteiger partial charge in [0.15, 0.2) is 4.34 Å². The van der Waals surface area contributed by atoms with Crippen LogP contribution in [-0.4, -0.2) is 29.9 Å². The highest BCUT2D eigenvalue weighted by Crippen LogP contribution is 2.29. The van der Waals surface area contributed by atoms with Crippen LogP contribution >= 0.6 is 23.1 Å². The molecule has 1 heterocycles. The third kappa shape index (κ3) is 3.92. The largest absolute Gasteiger partial charge is 0.369 e. The van der Waals surface area contributed by atoms with Crippen molar-refractivity contribution in [3.63, 3.8) is 0 Å². The van der Waals surface area contributed by atoms with Gasteiger partial charge in [-0.05, 0) is 38.3 Å². The topological polar surface area (TPSA) is 51.2 Å². The van der Waals surface area contributed by atoms with Crippen LogP contribution in [0.4, 0.5) is 5.69 Å². The number of nitrogens with one attached hydrogen (secondary N) is 1. The van der Waals surface area contributed by atoms with Crippen molar-refractivity contribution in [3.05, 3.63) is 18.2 Å². The van der Waals surface area contributed by atoms with E-state index in [0.29, 0.717) is 0 Å². The Bertz CT molecular complexity index is 581. The minimum Gasteiger partial charge on any atom is -0.369 e. The summed E-state index contributed by atoms with van der Waals surface area (Å²) in [6.45, 7) is 3.88. The summed E-state index contributed by atoms with van der Waals surface area (Å²) >= 11 is 3.25. The minimum absolute atomic E-state index is 0.0545. The van der Waals surface area contributed by atoms with Crippen LogP contribution in [0.25, 0.3) is 10.2 Å². The van der Waals surface area contributed by atoms with E-state index in [4.69, 9.17) is 4.74 Å². The average molecular weight is 296 g/mol. The molecule has 0 aliphatic rings. The lowest BCUT2D eigenvalue weighted by molar-refractivity contribution is -0.121. The first-order valence-corrected chi connectivity index (χ1v) is 7.98. The second-order valence-electron chi connectivity index (χ2n) is 4.27. The van der Waals surface area contributed by atoms with Gasteiger partial charge in [-0.25, -0.2) is 4.98 Å². The van der Waals surface area contributed by atoms with Crippen LogP contribution in [0.2, 0.25) is 0 Å². The number of ether oxygens (including phenoxy) is 1. The molecular weight excluding hydrogens is 280 g/mol. The zero-order valence-corrected chi connectivity index (χ0v) is 12.7. The number of carbonyl (C=O) groups excluding carboxylic acids is 1.